The Hall–Kier alpha value is -3.09. The Morgan fingerprint density at radius 3 is 2.48 bits per heavy atom. The fraction of sp³-hybridized carbons (Fsp3) is 0.188. The van der Waals surface area contributed by atoms with Crippen molar-refractivity contribution in [1.82, 2.24) is 5.32 Å². The molecule has 0 spiro atoms. The lowest BCUT2D eigenvalue weighted by atomic mass is 10.1. The quantitative estimate of drug-likeness (QED) is 0.818. The summed E-state index contributed by atoms with van der Waals surface area (Å²) in [6, 6.07) is 8.23. The molecule has 1 atom stereocenters. The lowest BCUT2D eigenvalue weighted by molar-refractivity contribution is -0.308. The SMILES string of the molecule is CCC(NC(=O)c1ccccc1NC(=O)c1ccco1)C(=O)[O-]. The third-order valence-corrected chi connectivity index (χ3v) is 3.16. The zero-order chi connectivity index (χ0) is 16.8. The first-order valence-corrected chi connectivity index (χ1v) is 6.98. The van der Waals surface area contributed by atoms with Gasteiger partial charge >= 0.3 is 0 Å². The van der Waals surface area contributed by atoms with Crippen molar-refractivity contribution in [2.24, 2.45) is 0 Å². The zero-order valence-electron chi connectivity index (χ0n) is 12.4. The summed E-state index contributed by atoms with van der Waals surface area (Å²) in [7, 11) is 0. The van der Waals surface area contributed by atoms with Crippen LogP contribution in [0, 0.1) is 0 Å². The minimum Gasteiger partial charge on any atom is -0.548 e. The number of aliphatic carboxylic acids is 1. The number of amides is 2. The molecule has 2 amide bonds. The van der Waals surface area contributed by atoms with E-state index in [-0.39, 0.29) is 23.4 Å². The smallest absolute Gasteiger partial charge is 0.291 e. The van der Waals surface area contributed by atoms with Crippen LogP contribution in [-0.4, -0.2) is 23.8 Å². The maximum Gasteiger partial charge on any atom is 0.291 e. The molecule has 0 aliphatic rings. The molecular formula is C16H15N2O5-. The molecule has 0 fully saturated rings. The molecule has 23 heavy (non-hydrogen) atoms. The van der Waals surface area contributed by atoms with Gasteiger partial charge in [0.1, 0.15) is 0 Å². The van der Waals surface area contributed by atoms with Crippen molar-refractivity contribution in [3.05, 3.63) is 54.0 Å². The van der Waals surface area contributed by atoms with Crippen LogP contribution in [0.25, 0.3) is 0 Å². The Morgan fingerprint density at radius 2 is 1.87 bits per heavy atom. The lowest BCUT2D eigenvalue weighted by Gasteiger charge is -2.19. The molecule has 1 heterocycles. The van der Waals surface area contributed by atoms with Crippen LogP contribution in [0.1, 0.15) is 34.3 Å². The molecule has 120 valence electrons. The van der Waals surface area contributed by atoms with Crippen molar-refractivity contribution in [3.8, 4) is 0 Å². The molecule has 2 N–H and O–H groups in total. The first-order valence-electron chi connectivity index (χ1n) is 6.98. The zero-order valence-corrected chi connectivity index (χ0v) is 12.4. The Bertz CT molecular complexity index is 709. The third kappa shape index (κ3) is 3.97. The summed E-state index contributed by atoms with van der Waals surface area (Å²) in [5, 5.41) is 15.8. The van der Waals surface area contributed by atoms with E-state index in [0.717, 1.165) is 0 Å². The van der Waals surface area contributed by atoms with Crippen molar-refractivity contribution < 1.29 is 23.9 Å². The molecule has 0 radical (unpaired) electrons. The van der Waals surface area contributed by atoms with Gasteiger partial charge in [-0.3, -0.25) is 9.59 Å². The number of rotatable bonds is 6. The molecule has 0 aliphatic carbocycles. The number of hydrogen-bond acceptors (Lipinski definition) is 5. The van der Waals surface area contributed by atoms with E-state index in [9.17, 15) is 19.5 Å². The van der Waals surface area contributed by atoms with E-state index in [1.807, 2.05) is 0 Å². The molecule has 2 aromatic rings. The van der Waals surface area contributed by atoms with Crippen molar-refractivity contribution in [3.63, 3.8) is 0 Å². The van der Waals surface area contributed by atoms with Crippen LogP contribution in [-0.2, 0) is 4.79 Å². The van der Waals surface area contributed by atoms with Crippen LogP contribution in [0.4, 0.5) is 5.69 Å². The highest BCUT2D eigenvalue weighted by Crippen LogP contribution is 2.16. The molecule has 0 bridgehead atoms. The van der Waals surface area contributed by atoms with Gasteiger partial charge in [0.2, 0.25) is 0 Å². The molecule has 1 aromatic heterocycles. The number of carbonyl (C=O) groups is 3. The molecular weight excluding hydrogens is 300 g/mol. The van der Waals surface area contributed by atoms with Crippen molar-refractivity contribution in [2.75, 3.05) is 5.32 Å². The van der Waals surface area contributed by atoms with E-state index in [2.05, 4.69) is 10.6 Å². The van der Waals surface area contributed by atoms with Gasteiger partial charge in [-0.2, -0.15) is 0 Å². The van der Waals surface area contributed by atoms with Crippen molar-refractivity contribution in [1.29, 1.82) is 0 Å². The Kier molecular flexibility index (Phi) is 5.14. The molecule has 0 saturated carbocycles. The number of carbonyl (C=O) groups excluding carboxylic acids is 3. The van der Waals surface area contributed by atoms with E-state index in [4.69, 9.17) is 4.42 Å². The Morgan fingerprint density at radius 1 is 1.13 bits per heavy atom. The Labute approximate surface area is 132 Å². The number of para-hydroxylation sites is 1. The second kappa shape index (κ2) is 7.26. The summed E-state index contributed by atoms with van der Waals surface area (Å²) >= 11 is 0. The van der Waals surface area contributed by atoms with E-state index in [1.54, 1.807) is 25.1 Å². The van der Waals surface area contributed by atoms with Crippen LogP contribution in [0.2, 0.25) is 0 Å². The molecule has 0 aliphatic heterocycles. The topological polar surface area (TPSA) is 111 Å². The number of benzene rings is 1. The summed E-state index contributed by atoms with van der Waals surface area (Å²) in [5.41, 5.74) is 0.395. The molecule has 0 saturated heterocycles. The van der Waals surface area contributed by atoms with Gasteiger partial charge in [0.15, 0.2) is 5.76 Å². The van der Waals surface area contributed by atoms with E-state index < -0.39 is 23.8 Å². The van der Waals surface area contributed by atoms with Crippen LogP contribution in [0.15, 0.2) is 47.1 Å². The van der Waals surface area contributed by atoms with Gasteiger partial charge in [0, 0.05) is 0 Å². The summed E-state index contributed by atoms with van der Waals surface area (Å²) < 4.78 is 4.98. The van der Waals surface area contributed by atoms with Gasteiger partial charge in [0.05, 0.1) is 29.5 Å². The van der Waals surface area contributed by atoms with Gasteiger partial charge < -0.3 is 25.0 Å². The monoisotopic (exact) mass is 315 g/mol. The maximum atomic E-state index is 12.2. The van der Waals surface area contributed by atoms with Crippen LogP contribution in [0.3, 0.4) is 0 Å². The highest BCUT2D eigenvalue weighted by molar-refractivity contribution is 6.08. The normalized spacial score (nSPS) is 11.5. The minimum atomic E-state index is -1.36. The van der Waals surface area contributed by atoms with Crippen LogP contribution in [0.5, 0.6) is 0 Å². The Balaban J connectivity index is 2.18. The summed E-state index contributed by atoms with van der Waals surface area (Å²) in [6.07, 6.45) is 1.55. The van der Waals surface area contributed by atoms with Gasteiger partial charge in [-0.15, -0.1) is 0 Å². The van der Waals surface area contributed by atoms with E-state index in [1.165, 1.54) is 24.5 Å². The molecule has 1 unspecified atom stereocenters. The van der Waals surface area contributed by atoms with Gasteiger partial charge in [-0.25, -0.2) is 0 Å². The first kappa shape index (κ1) is 16.3. The lowest BCUT2D eigenvalue weighted by Crippen LogP contribution is -2.47. The van der Waals surface area contributed by atoms with Gasteiger partial charge in [-0.1, -0.05) is 19.1 Å². The number of furan rings is 1. The largest absolute Gasteiger partial charge is 0.548 e. The van der Waals surface area contributed by atoms with Crippen molar-refractivity contribution in [2.45, 2.75) is 19.4 Å². The number of anilines is 1. The molecule has 7 nitrogen and oxygen atoms in total. The van der Waals surface area contributed by atoms with Gasteiger partial charge in [0.25, 0.3) is 11.8 Å². The molecule has 7 heteroatoms. The average Bonchev–Trinajstić information content (AvgIpc) is 3.07. The predicted octanol–water partition coefficient (Wildman–Crippen LogP) is 0.790. The maximum absolute atomic E-state index is 12.2. The highest BCUT2D eigenvalue weighted by Gasteiger charge is 2.18. The third-order valence-electron chi connectivity index (χ3n) is 3.16. The fourth-order valence-electron chi connectivity index (χ4n) is 1.95. The highest BCUT2D eigenvalue weighted by atomic mass is 16.4. The van der Waals surface area contributed by atoms with Gasteiger partial charge in [-0.05, 0) is 30.7 Å². The number of nitrogens with one attached hydrogen (secondary N) is 2. The predicted molar refractivity (Wildman–Crippen MR) is 79.7 cm³/mol. The number of carboxylic acid groups (broad SMARTS) is 1. The second-order valence-electron chi connectivity index (χ2n) is 4.73. The number of hydrogen-bond donors (Lipinski definition) is 2. The summed E-state index contributed by atoms with van der Waals surface area (Å²) in [5.74, 6) is -2.39. The van der Waals surface area contributed by atoms with E-state index in [0.29, 0.717) is 0 Å². The van der Waals surface area contributed by atoms with E-state index >= 15 is 0 Å². The fourth-order valence-corrected chi connectivity index (χ4v) is 1.95. The number of carboxylic acids is 1. The molecule has 2 rings (SSSR count). The van der Waals surface area contributed by atoms with Crippen molar-refractivity contribution >= 4 is 23.5 Å². The average molecular weight is 315 g/mol. The van der Waals surface area contributed by atoms with Crippen LogP contribution < -0.4 is 15.7 Å². The van der Waals surface area contributed by atoms with Crippen LogP contribution >= 0.6 is 0 Å². The first-order chi connectivity index (χ1) is 11.0. The summed E-state index contributed by atoms with van der Waals surface area (Å²) in [4.78, 5) is 35.1. The summed E-state index contributed by atoms with van der Waals surface area (Å²) in [6.45, 7) is 1.62. The standard InChI is InChI=1S/C16H16N2O5/c1-2-11(16(21)22)17-14(19)10-6-3-4-7-12(10)18-15(20)13-8-5-9-23-13/h3-9,11H,2H2,1H3,(H,17,19)(H,18,20)(H,21,22)/p-1. The second-order valence-corrected chi connectivity index (χ2v) is 4.73. The minimum absolute atomic E-state index is 0.0985. The molecule has 1 aromatic carbocycles.